The van der Waals surface area contributed by atoms with Gasteiger partial charge in [-0.05, 0) is 55.2 Å². The lowest BCUT2D eigenvalue weighted by molar-refractivity contribution is -0.131. The van der Waals surface area contributed by atoms with Crippen LogP contribution in [0.15, 0.2) is 30.3 Å². The molecule has 0 atom stereocenters. The molecule has 0 unspecified atom stereocenters. The van der Waals surface area contributed by atoms with Gasteiger partial charge in [-0.15, -0.1) is 0 Å². The predicted molar refractivity (Wildman–Crippen MR) is 83.7 cm³/mol. The molecule has 0 bridgehead atoms. The van der Waals surface area contributed by atoms with Crippen LogP contribution in [0.5, 0.6) is 0 Å². The van der Waals surface area contributed by atoms with Gasteiger partial charge in [-0.2, -0.15) is 5.10 Å². The summed E-state index contributed by atoms with van der Waals surface area (Å²) in [7, 11) is 0. The van der Waals surface area contributed by atoms with E-state index in [2.05, 4.69) is 25.0 Å². The van der Waals surface area contributed by atoms with E-state index < -0.39 is 5.97 Å². The number of hydrogen-bond donors (Lipinski definition) is 1. The zero-order valence-corrected chi connectivity index (χ0v) is 12.6. The van der Waals surface area contributed by atoms with Crippen molar-refractivity contribution in [3.8, 4) is 5.69 Å². The van der Waals surface area contributed by atoms with E-state index in [9.17, 15) is 4.79 Å². The minimum absolute atomic E-state index is 0.875. The summed E-state index contributed by atoms with van der Waals surface area (Å²) in [5.41, 5.74) is 5.26. The molecule has 110 valence electrons. The lowest BCUT2D eigenvalue weighted by atomic mass is 10.1. The molecule has 1 aromatic heterocycles. The number of aliphatic carboxylic acids is 1. The highest BCUT2D eigenvalue weighted by Crippen LogP contribution is 2.19. The Labute approximate surface area is 124 Å². The van der Waals surface area contributed by atoms with E-state index >= 15 is 0 Å². The molecule has 1 heterocycles. The molecule has 0 amide bonds. The molecule has 0 aliphatic heterocycles. The zero-order chi connectivity index (χ0) is 15.4. The Morgan fingerprint density at radius 3 is 2.62 bits per heavy atom. The minimum Gasteiger partial charge on any atom is -0.478 e. The first-order chi connectivity index (χ1) is 10.0. The van der Waals surface area contributed by atoms with Crippen LogP contribution in [0.3, 0.4) is 0 Å². The molecule has 4 heteroatoms. The first-order valence-corrected chi connectivity index (χ1v) is 7.15. The first kappa shape index (κ1) is 15.0. The molecule has 0 aliphatic rings. The van der Waals surface area contributed by atoms with Crippen LogP contribution in [0.4, 0.5) is 0 Å². The van der Waals surface area contributed by atoms with Crippen molar-refractivity contribution in [1.82, 2.24) is 9.78 Å². The Balaban J connectivity index is 2.41. The van der Waals surface area contributed by atoms with Gasteiger partial charge in [0.2, 0.25) is 0 Å². The van der Waals surface area contributed by atoms with Gasteiger partial charge in [-0.3, -0.25) is 0 Å². The molecule has 1 N–H and O–H groups in total. The summed E-state index contributed by atoms with van der Waals surface area (Å²) in [6.45, 7) is 6.23. The fourth-order valence-electron chi connectivity index (χ4n) is 2.30. The van der Waals surface area contributed by atoms with Gasteiger partial charge in [-0.25, -0.2) is 9.48 Å². The molecule has 0 fully saturated rings. The lowest BCUT2D eigenvalue weighted by Crippen LogP contribution is -2.04. The van der Waals surface area contributed by atoms with Gasteiger partial charge >= 0.3 is 5.97 Å². The number of carboxylic acids is 1. The number of rotatable bonds is 5. The molecule has 0 radical (unpaired) electrons. The van der Waals surface area contributed by atoms with E-state index in [1.807, 2.05) is 29.8 Å². The SMILES string of the molecule is CCc1cc(CC)n(-c2ccc(/C=C/C(=O)O)cc2C)n1. The van der Waals surface area contributed by atoms with E-state index in [0.29, 0.717) is 0 Å². The van der Waals surface area contributed by atoms with E-state index in [4.69, 9.17) is 5.11 Å². The fraction of sp³-hybridized carbons (Fsp3) is 0.294. The van der Waals surface area contributed by atoms with Crippen molar-refractivity contribution >= 4 is 12.0 Å². The van der Waals surface area contributed by atoms with Gasteiger partial charge in [0.1, 0.15) is 0 Å². The van der Waals surface area contributed by atoms with E-state index in [0.717, 1.165) is 41.4 Å². The van der Waals surface area contributed by atoms with E-state index in [1.165, 1.54) is 5.69 Å². The smallest absolute Gasteiger partial charge is 0.328 e. The Bertz CT molecular complexity index is 684. The summed E-state index contributed by atoms with van der Waals surface area (Å²) in [5, 5.41) is 13.3. The largest absolute Gasteiger partial charge is 0.478 e. The highest BCUT2D eigenvalue weighted by Gasteiger charge is 2.09. The van der Waals surface area contributed by atoms with Gasteiger partial charge in [0.15, 0.2) is 0 Å². The molecule has 0 spiro atoms. The summed E-state index contributed by atoms with van der Waals surface area (Å²) >= 11 is 0. The highest BCUT2D eigenvalue weighted by atomic mass is 16.4. The van der Waals surface area contributed by atoms with Gasteiger partial charge in [0, 0.05) is 11.8 Å². The monoisotopic (exact) mass is 284 g/mol. The fourth-order valence-corrected chi connectivity index (χ4v) is 2.30. The Morgan fingerprint density at radius 1 is 1.29 bits per heavy atom. The van der Waals surface area contributed by atoms with E-state index in [-0.39, 0.29) is 0 Å². The Morgan fingerprint density at radius 2 is 2.05 bits per heavy atom. The number of aromatic nitrogens is 2. The summed E-state index contributed by atoms with van der Waals surface area (Å²) in [4.78, 5) is 10.6. The van der Waals surface area contributed by atoms with Crippen LogP contribution < -0.4 is 0 Å². The Hall–Kier alpha value is -2.36. The average Bonchev–Trinajstić information content (AvgIpc) is 2.88. The summed E-state index contributed by atoms with van der Waals surface area (Å²) in [6, 6.07) is 8.01. The average molecular weight is 284 g/mol. The van der Waals surface area contributed by atoms with Crippen molar-refractivity contribution in [1.29, 1.82) is 0 Å². The van der Waals surface area contributed by atoms with Gasteiger partial charge in [0.25, 0.3) is 0 Å². The minimum atomic E-state index is -0.940. The quantitative estimate of drug-likeness (QED) is 0.856. The molecular weight excluding hydrogens is 264 g/mol. The third-order valence-corrected chi connectivity index (χ3v) is 3.43. The molecule has 0 aliphatic carbocycles. The number of carboxylic acid groups (broad SMARTS) is 1. The number of benzene rings is 1. The second kappa shape index (κ2) is 6.39. The Kier molecular flexibility index (Phi) is 4.58. The topological polar surface area (TPSA) is 55.1 Å². The molecule has 0 saturated heterocycles. The van der Waals surface area contributed by atoms with Crippen LogP contribution >= 0.6 is 0 Å². The molecular formula is C17H20N2O2. The molecule has 1 aromatic carbocycles. The van der Waals surface area contributed by atoms with Crippen LogP contribution in [0, 0.1) is 6.92 Å². The van der Waals surface area contributed by atoms with Crippen molar-refractivity contribution in [2.24, 2.45) is 0 Å². The number of aryl methyl sites for hydroxylation is 3. The van der Waals surface area contributed by atoms with Crippen LogP contribution in [-0.4, -0.2) is 20.9 Å². The number of hydrogen-bond acceptors (Lipinski definition) is 2. The molecule has 21 heavy (non-hydrogen) atoms. The van der Waals surface area contributed by atoms with E-state index in [1.54, 1.807) is 6.08 Å². The van der Waals surface area contributed by atoms with Crippen LogP contribution in [0.1, 0.15) is 36.4 Å². The maximum Gasteiger partial charge on any atom is 0.328 e. The van der Waals surface area contributed by atoms with Crippen LogP contribution in [-0.2, 0) is 17.6 Å². The third kappa shape index (κ3) is 3.40. The van der Waals surface area contributed by atoms with Gasteiger partial charge in [-0.1, -0.05) is 19.9 Å². The van der Waals surface area contributed by atoms with Crippen molar-refractivity contribution < 1.29 is 9.90 Å². The molecule has 2 aromatic rings. The van der Waals surface area contributed by atoms with Crippen LogP contribution in [0.25, 0.3) is 11.8 Å². The molecule has 0 saturated carbocycles. The second-order valence-corrected chi connectivity index (χ2v) is 4.96. The predicted octanol–water partition coefficient (Wildman–Crippen LogP) is 3.40. The third-order valence-electron chi connectivity index (χ3n) is 3.43. The number of nitrogens with zero attached hydrogens (tertiary/aromatic N) is 2. The number of carbonyl (C=O) groups is 1. The summed E-state index contributed by atoms with van der Waals surface area (Å²) in [5.74, 6) is -0.940. The molecule has 2 rings (SSSR count). The summed E-state index contributed by atoms with van der Waals surface area (Å²) in [6.07, 6.45) is 4.58. The standard InChI is InChI=1S/C17H20N2O2/c1-4-14-11-15(5-2)19(18-14)16-8-6-13(10-12(16)3)7-9-17(20)21/h6-11H,4-5H2,1-3H3,(H,20,21)/b9-7+. The van der Waals surface area contributed by atoms with Crippen LogP contribution in [0.2, 0.25) is 0 Å². The van der Waals surface area contributed by atoms with Crippen molar-refractivity contribution in [2.45, 2.75) is 33.6 Å². The van der Waals surface area contributed by atoms with Crippen molar-refractivity contribution in [3.63, 3.8) is 0 Å². The first-order valence-electron chi connectivity index (χ1n) is 7.15. The van der Waals surface area contributed by atoms with Gasteiger partial charge in [0.05, 0.1) is 11.4 Å². The van der Waals surface area contributed by atoms with Gasteiger partial charge < -0.3 is 5.11 Å². The maximum atomic E-state index is 10.6. The highest BCUT2D eigenvalue weighted by molar-refractivity contribution is 5.85. The lowest BCUT2D eigenvalue weighted by Gasteiger charge is -2.10. The normalized spacial score (nSPS) is 11.2. The molecule has 4 nitrogen and oxygen atoms in total. The second-order valence-electron chi connectivity index (χ2n) is 4.96. The van der Waals surface area contributed by atoms with Crippen molar-refractivity contribution in [2.75, 3.05) is 0 Å². The summed E-state index contributed by atoms with van der Waals surface area (Å²) < 4.78 is 1.98. The van der Waals surface area contributed by atoms with Crippen molar-refractivity contribution in [3.05, 3.63) is 52.9 Å². The zero-order valence-electron chi connectivity index (χ0n) is 12.6. The maximum absolute atomic E-state index is 10.6.